The molecule has 1 amide bonds. The fourth-order valence-corrected chi connectivity index (χ4v) is 7.31. The van der Waals surface area contributed by atoms with Crippen LogP contribution in [0.25, 0.3) is 0 Å². The van der Waals surface area contributed by atoms with Crippen molar-refractivity contribution in [1.29, 1.82) is 0 Å². The molecule has 228 valence electrons. The number of halogens is 1. The molecular weight excluding hydrogens is 566 g/mol. The van der Waals surface area contributed by atoms with E-state index in [9.17, 15) is 13.2 Å². The number of hydrogen-bond acceptors (Lipinski definition) is 3. The number of aromatic nitrogens is 1. The molecule has 0 N–H and O–H groups in total. The van der Waals surface area contributed by atoms with Gasteiger partial charge in [-0.15, -0.1) is 0 Å². The number of unbranched alkanes of at least 4 members (excludes halogenated alkanes) is 1. The van der Waals surface area contributed by atoms with Crippen LogP contribution in [0.15, 0.2) is 71.8 Å². The molecule has 3 aromatic rings. The highest BCUT2D eigenvalue weighted by molar-refractivity contribution is 7.89. The molecule has 1 aromatic heterocycles. The van der Waals surface area contributed by atoms with Crippen LogP contribution in [-0.4, -0.2) is 47.2 Å². The summed E-state index contributed by atoms with van der Waals surface area (Å²) in [5.74, 6) is -0.140. The Kier molecular flexibility index (Phi) is 11.0. The van der Waals surface area contributed by atoms with Crippen molar-refractivity contribution in [1.82, 2.24) is 13.8 Å². The van der Waals surface area contributed by atoms with Crippen LogP contribution in [-0.2, 0) is 33.3 Å². The molecule has 1 saturated carbocycles. The molecular formula is C34H46ClN3O3S. The van der Waals surface area contributed by atoms with Crippen molar-refractivity contribution in [2.24, 2.45) is 0 Å². The molecule has 0 bridgehead atoms. The lowest BCUT2D eigenvalue weighted by Gasteiger charge is -2.36. The van der Waals surface area contributed by atoms with E-state index in [-0.39, 0.29) is 28.8 Å². The monoisotopic (exact) mass is 611 g/mol. The van der Waals surface area contributed by atoms with Crippen molar-refractivity contribution in [3.05, 3.63) is 88.7 Å². The van der Waals surface area contributed by atoms with Gasteiger partial charge in [0.1, 0.15) is 0 Å². The zero-order chi connectivity index (χ0) is 30.3. The first-order valence-electron chi connectivity index (χ1n) is 15.3. The molecule has 0 radical (unpaired) electrons. The molecule has 0 aliphatic heterocycles. The highest BCUT2D eigenvalue weighted by atomic mass is 35.5. The van der Waals surface area contributed by atoms with Crippen LogP contribution in [0.2, 0.25) is 5.02 Å². The van der Waals surface area contributed by atoms with E-state index in [2.05, 4.69) is 25.3 Å². The molecule has 0 saturated heterocycles. The highest BCUT2D eigenvalue weighted by Gasteiger charge is 2.32. The van der Waals surface area contributed by atoms with E-state index >= 15 is 0 Å². The SMILES string of the molecule is CCCCN(CC(=O)N(Cc1cccn1Cc1ccccc1Cl)C1CCCCC1)S(=O)(=O)c1ccc(C(C)(C)C)cc1. The minimum Gasteiger partial charge on any atom is -0.345 e. The summed E-state index contributed by atoms with van der Waals surface area (Å²) in [7, 11) is -3.84. The van der Waals surface area contributed by atoms with E-state index < -0.39 is 10.0 Å². The third-order valence-electron chi connectivity index (χ3n) is 8.32. The van der Waals surface area contributed by atoms with Gasteiger partial charge in [0.25, 0.3) is 0 Å². The van der Waals surface area contributed by atoms with Crippen molar-refractivity contribution < 1.29 is 13.2 Å². The Bertz CT molecular complexity index is 1420. The van der Waals surface area contributed by atoms with Gasteiger partial charge in [-0.2, -0.15) is 4.31 Å². The van der Waals surface area contributed by atoms with E-state index in [1.807, 2.05) is 66.6 Å². The van der Waals surface area contributed by atoms with Crippen molar-refractivity contribution in [3.8, 4) is 0 Å². The second-order valence-corrected chi connectivity index (χ2v) is 14.8. The van der Waals surface area contributed by atoms with Gasteiger partial charge in [-0.25, -0.2) is 8.42 Å². The predicted octanol–water partition coefficient (Wildman–Crippen LogP) is 7.64. The lowest BCUT2D eigenvalue weighted by atomic mass is 9.87. The first-order valence-corrected chi connectivity index (χ1v) is 17.1. The van der Waals surface area contributed by atoms with Gasteiger partial charge < -0.3 is 9.47 Å². The Morgan fingerprint density at radius 3 is 2.31 bits per heavy atom. The first kappa shape index (κ1) is 32.3. The lowest BCUT2D eigenvalue weighted by Crippen LogP contribution is -2.47. The molecule has 0 spiro atoms. The van der Waals surface area contributed by atoms with Crippen LogP contribution in [0, 0.1) is 0 Å². The molecule has 1 aliphatic rings. The number of benzene rings is 2. The second kappa shape index (κ2) is 14.2. The average Bonchev–Trinajstić information content (AvgIpc) is 3.41. The zero-order valence-electron chi connectivity index (χ0n) is 25.6. The molecule has 0 atom stereocenters. The summed E-state index contributed by atoms with van der Waals surface area (Å²) in [6.07, 6.45) is 8.74. The van der Waals surface area contributed by atoms with Gasteiger partial charge in [-0.3, -0.25) is 4.79 Å². The van der Waals surface area contributed by atoms with Gasteiger partial charge in [-0.1, -0.05) is 95.3 Å². The molecule has 1 aliphatic carbocycles. The quantitative estimate of drug-likeness (QED) is 0.211. The van der Waals surface area contributed by atoms with E-state index in [4.69, 9.17) is 11.6 Å². The summed E-state index contributed by atoms with van der Waals surface area (Å²) in [5.41, 5.74) is 3.02. The predicted molar refractivity (Wildman–Crippen MR) is 171 cm³/mol. The number of sulfonamides is 1. The Balaban J connectivity index is 1.59. The Labute approximate surface area is 257 Å². The largest absolute Gasteiger partial charge is 0.345 e. The maximum Gasteiger partial charge on any atom is 0.243 e. The standard InChI is InChI=1S/C34H46ClN3O3S/c1-5-6-23-37(42(40,41)31-20-18-28(19-21-31)34(2,3)4)26-33(39)38(29-14-8-7-9-15-29)25-30-16-12-22-36(30)24-27-13-10-11-17-32(27)35/h10-13,16-22,29H,5-9,14-15,23-26H2,1-4H3. The second-order valence-electron chi connectivity index (χ2n) is 12.5. The smallest absolute Gasteiger partial charge is 0.243 e. The van der Waals surface area contributed by atoms with E-state index in [0.29, 0.717) is 31.1 Å². The van der Waals surface area contributed by atoms with Crippen molar-refractivity contribution in [2.45, 2.75) is 102 Å². The van der Waals surface area contributed by atoms with Gasteiger partial charge in [0.05, 0.1) is 18.0 Å². The number of amides is 1. The number of nitrogens with zero attached hydrogens (tertiary/aromatic N) is 3. The number of carbonyl (C=O) groups is 1. The molecule has 6 nitrogen and oxygen atoms in total. The third-order valence-corrected chi connectivity index (χ3v) is 10.5. The fraction of sp³-hybridized carbons (Fsp3) is 0.500. The fourth-order valence-electron chi connectivity index (χ4n) is 5.68. The zero-order valence-corrected chi connectivity index (χ0v) is 27.1. The molecule has 4 rings (SSSR count). The number of hydrogen-bond donors (Lipinski definition) is 0. The van der Waals surface area contributed by atoms with Gasteiger partial charge >= 0.3 is 0 Å². The first-order chi connectivity index (χ1) is 20.0. The average molecular weight is 612 g/mol. The van der Waals surface area contributed by atoms with Gasteiger partial charge in [0.15, 0.2) is 0 Å². The van der Waals surface area contributed by atoms with Gasteiger partial charge in [-0.05, 0) is 66.1 Å². The topological polar surface area (TPSA) is 62.6 Å². The molecule has 1 heterocycles. The van der Waals surface area contributed by atoms with Crippen molar-refractivity contribution >= 4 is 27.5 Å². The summed E-state index contributed by atoms with van der Waals surface area (Å²) < 4.78 is 31.3. The van der Waals surface area contributed by atoms with Crippen LogP contribution >= 0.6 is 11.6 Å². The van der Waals surface area contributed by atoms with Crippen molar-refractivity contribution in [2.75, 3.05) is 13.1 Å². The Hall–Kier alpha value is -2.61. The lowest BCUT2D eigenvalue weighted by molar-refractivity contribution is -0.135. The molecule has 8 heteroatoms. The minimum absolute atomic E-state index is 0.0792. The van der Waals surface area contributed by atoms with Gasteiger partial charge in [0.2, 0.25) is 15.9 Å². The summed E-state index contributed by atoms with van der Waals surface area (Å²) >= 11 is 6.45. The summed E-state index contributed by atoms with van der Waals surface area (Å²) in [6, 6.07) is 19.1. The minimum atomic E-state index is -3.84. The maximum absolute atomic E-state index is 14.1. The highest BCUT2D eigenvalue weighted by Crippen LogP contribution is 2.28. The Morgan fingerprint density at radius 1 is 0.976 bits per heavy atom. The van der Waals surface area contributed by atoms with Crippen LogP contribution in [0.3, 0.4) is 0 Å². The Morgan fingerprint density at radius 2 is 1.67 bits per heavy atom. The molecule has 2 aromatic carbocycles. The maximum atomic E-state index is 14.1. The van der Waals surface area contributed by atoms with Crippen LogP contribution in [0.5, 0.6) is 0 Å². The van der Waals surface area contributed by atoms with Crippen molar-refractivity contribution in [3.63, 3.8) is 0 Å². The van der Waals surface area contributed by atoms with Crippen LogP contribution in [0.4, 0.5) is 0 Å². The van der Waals surface area contributed by atoms with Crippen LogP contribution in [0.1, 0.15) is 89.5 Å². The van der Waals surface area contributed by atoms with Crippen LogP contribution < -0.4 is 0 Å². The summed E-state index contributed by atoms with van der Waals surface area (Å²) in [6.45, 7) is 9.54. The van der Waals surface area contributed by atoms with E-state index in [1.165, 1.54) is 10.7 Å². The third kappa shape index (κ3) is 8.06. The molecule has 1 fully saturated rings. The molecule has 0 unspecified atom stereocenters. The number of carbonyl (C=O) groups excluding carboxylic acids is 1. The van der Waals surface area contributed by atoms with Gasteiger partial charge in [0, 0.05) is 36.0 Å². The molecule has 42 heavy (non-hydrogen) atoms. The number of rotatable bonds is 12. The van der Waals surface area contributed by atoms with E-state index in [1.54, 1.807) is 12.1 Å². The normalized spacial score (nSPS) is 14.8. The summed E-state index contributed by atoms with van der Waals surface area (Å²) in [5, 5.41) is 0.713. The summed E-state index contributed by atoms with van der Waals surface area (Å²) in [4.78, 5) is 16.3. The van der Waals surface area contributed by atoms with E-state index in [0.717, 1.165) is 48.9 Å².